The molecular formula is C21H27N3O9. The minimum Gasteiger partial charge on any atom is -0.460 e. The zero-order valence-corrected chi connectivity index (χ0v) is 18.9. The fourth-order valence-electron chi connectivity index (χ4n) is 1.69. The second-order valence-electron chi connectivity index (χ2n) is 6.48. The Balaban J connectivity index is 2.69. The molecule has 0 radical (unpaired) electrons. The molecule has 0 N–H and O–H groups in total. The van der Waals surface area contributed by atoms with Crippen molar-refractivity contribution in [3.63, 3.8) is 0 Å². The van der Waals surface area contributed by atoms with Gasteiger partial charge in [-0.15, -0.1) is 15.0 Å². The molecule has 1 rings (SSSR count). The number of aromatic nitrogens is 3. The van der Waals surface area contributed by atoms with Gasteiger partial charge in [-0.1, -0.05) is 19.7 Å². The zero-order valence-electron chi connectivity index (χ0n) is 18.9. The van der Waals surface area contributed by atoms with Crippen molar-refractivity contribution >= 4 is 17.9 Å². The summed E-state index contributed by atoms with van der Waals surface area (Å²) in [5, 5.41) is 0. The van der Waals surface area contributed by atoms with Crippen LogP contribution in [0.2, 0.25) is 0 Å². The summed E-state index contributed by atoms with van der Waals surface area (Å²) < 4.78 is 30.8. The number of esters is 3. The molecule has 0 fully saturated rings. The summed E-state index contributed by atoms with van der Waals surface area (Å²) in [6.45, 7) is 14.6. The molecule has 180 valence electrons. The van der Waals surface area contributed by atoms with Crippen LogP contribution < -0.4 is 14.2 Å². The van der Waals surface area contributed by atoms with Crippen LogP contribution in [0.4, 0.5) is 0 Å². The van der Waals surface area contributed by atoms with Gasteiger partial charge in [-0.3, -0.25) is 0 Å². The highest BCUT2D eigenvalue weighted by Gasteiger charge is 2.12. The second kappa shape index (κ2) is 14.2. The van der Waals surface area contributed by atoms with Crippen molar-refractivity contribution in [1.29, 1.82) is 0 Å². The van der Waals surface area contributed by atoms with E-state index in [1.807, 2.05) is 0 Å². The lowest BCUT2D eigenvalue weighted by Gasteiger charge is -2.11. The van der Waals surface area contributed by atoms with Crippen LogP contribution >= 0.6 is 0 Å². The van der Waals surface area contributed by atoms with Gasteiger partial charge in [0.05, 0.1) is 0 Å². The van der Waals surface area contributed by atoms with E-state index < -0.39 is 17.9 Å². The molecule has 0 aliphatic heterocycles. The molecule has 0 amide bonds. The maximum Gasteiger partial charge on any atom is 0.333 e. The molecule has 0 saturated heterocycles. The van der Waals surface area contributed by atoms with E-state index in [9.17, 15) is 14.4 Å². The molecule has 0 aliphatic rings. The highest BCUT2D eigenvalue weighted by Crippen LogP contribution is 2.15. The van der Waals surface area contributed by atoms with E-state index >= 15 is 0 Å². The van der Waals surface area contributed by atoms with Crippen molar-refractivity contribution in [2.24, 2.45) is 0 Å². The fourth-order valence-corrected chi connectivity index (χ4v) is 1.69. The third-order valence-electron chi connectivity index (χ3n) is 3.26. The first-order valence-corrected chi connectivity index (χ1v) is 9.72. The molecule has 1 aromatic heterocycles. The molecule has 0 atom stereocenters. The first-order chi connectivity index (χ1) is 15.6. The second-order valence-corrected chi connectivity index (χ2v) is 6.48. The van der Waals surface area contributed by atoms with Gasteiger partial charge in [-0.25, -0.2) is 14.4 Å². The molecule has 12 nitrogen and oxygen atoms in total. The lowest BCUT2D eigenvalue weighted by molar-refractivity contribution is -0.140. The maximum absolute atomic E-state index is 11.4. The van der Waals surface area contributed by atoms with Gasteiger partial charge in [-0.05, 0) is 20.8 Å². The normalized spacial score (nSPS) is 9.91. The molecule has 12 heteroatoms. The molecular weight excluding hydrogens is 438 g/mol. The Morgan fingerprint density at radius 2 is 0.788 bits per heavy atom. The highest BCUT2D eigenvalue weighted by molar-refractivity contribution is 5.87. The van der Waals surface area contributed by atoms with E-state index in [2.05, 4.69) is 34.7 Å². The van der Waals surface area contributed by atoms with Crippen molar-refractivity contribution in [2.45, 2.75) is 20.8 Å². The summed E-state index contributed by atoms with van der Waals surface area (Å²) in [7, 11) is 0. The molecule has 0 saturated carbocycles. The molecule has 0 aromatic carbocycles. The first kappa shape index (κ1) is 27.1. The van der Waals surface area contributed by atoms with Gasteiger partial charge in [0.15, 0.2) is 0 Å². The van der Waals surface area contributed by atoms with E-state index in [0.717, 1.165) is 0 Å². The van der Waals surface area contributed by atoms with Gasteiger partial charge in [0.2, 0.25) is 0 Å². The highest BCUT2D eigenvalue weighted by atomic mass is 16.6. The number of carbonyl (C=O) groups excluding carboxylic acids is 3. The van der Waals surface area contributed by atoms with Crippen molar-refractivity contribution in [3.8, 4) is 18.0 Å². The van der Waals surface area contributed by atoms with Crippen LogP contribution in [0, 0.1) is 0 Å². The number of nitrogens with zero attached hydrogens (tertiary/aromatic N) is 3. The Bertz CT molecular complexity index is 772. The molecule has 0 aliphatic carbocycles. The largest absolute Gasteiger partial charge is 0.460 e. The maximum atomic E-state index is 11.4. The number of carbonyl (C=O) groups is 3. The Hall–Kier alpha value is -3.96. The van der Waals surface area contributed by atoms with Crippen LogP contribution in [-0.4, -0.2) is 72.5 Å². The quantitative estimate of drug-likeness (QED) is 0.159. The zero-order chi connectivity index (χ0) is 24.8. The lowest BCUT2D eigenvalue weighted by atomic mass is 10.4. The molecule has 1 aromatic rings. The van der Waals surface area contributed by atoms with E-state index in [4.69, 9.17) is 28.4 Å². The number of hydrogen-bond acceptors (Lipinski definition) is 12. The van der Waals surface area contributed by atoms with E-state index in [-0.39, 0.29) is 74.4 Å². The van der Waals surface area contributed by atoms with Gasteiger partial charge < -0.3 is 28.4 Å². The Morgan fingerprint density at radius 1 is 0.545 bits per heavy atom. The summed E-state index contributed by atoms with van der Waals surface area (Å²) in [5.41, 5.74) is 0.753. The van der Waals surface area contributed by atoms with Crippen LogP contribution in [0.25, 0.3) is 0 Å². The van der Waals surface area contributed by atoms with Gasteiger partial charge in [-0.2, -0.15) is 0 Å². The Labute approximate surface area is 191 Å². The van der Waals surface area contributed by atoms with Gasteiger partial charge >= 0.3 is 35.9 Å². The predicted molar refractivity (Wildman–Crippen MR) is 114 cm³/mol. The van der Waals surface area contributed by atoms with Gasteiger partial charge in [0.1, 0.15) is 39.6 Å². The van der Waals surface area contributed by atoms with Crippen LogP contribution in [0.1, 0.15) is 20.8 Å². The van der Waals surface area contributed by atoms with Crippen molar-refractivity contribution in [2.75, 3.05) is 39.6 Å². The SMILES string of the molecule is C=C(C)C(=O)OCCOc1nc(OCCOC(=O)C(=C)C)nc(OCCOC(=O)C(=C)C)n1. The van der Waals surface area contributed by atoms with Crippen molar-refractivity contribution < 1.29 is 42.8 Å². The van der Waals surface area contributed by atoms with E-state index in [1.165, 1.54) is 20.8 Å². The molecule has 1 heterocycles. The van der Waals surface area contributed by atoms with E-state index in [0.29, 0.717) is 0 Å². The third-order valence-corrected chi connectivity index (χ3v) is 3.26. The summed E-state index contributed by atoms with van der Waals surface area (Å²) >= 11 is 0. The number of ether oxygens (including phenoxy) is 6. The average molecular weight is 465 g/mol. The van der Waals surface area contributed by atoms with E-state index in [1.54, 1.807) is 0 Å². The third kappa shape index (κ3) is 11.3. The molecule has 33 heavy (non-hydrogen) atoms. The lowest BCUT2D eigenvalue weighted by Crippen LogP contribution is -2.17. The van der Waals surface area contributed by atoms with Crippen molar-refractivity contribution in [3.05, 3.63) is 36.5 Å². The minimum absolute atomic E-state index is 0.0611. The summed E-state index contributed by atoms with van der Waals surface area (Å²) in [4.78, 5) is 46.1. The summed E-state index contributed by atoms with van der Waals surface area (Å²) in [6, 6.07) is -0.502. The number of hydrogen-bond donors (Lipinski definition) is 0. The van der Waals surface area contributed by atoms with Crippen LogP contribution in [0.3, 0.4) is 0 Å². The first-order valence-electron chi connectivity index (χ1n) is 9.72. The minimum atomic E-state index is -0.559. The monoisotopic (exact) mass is 465 g/mol. The van der Waals surface area contributed by atoms with Crippen LogP contribution in [0.15, 0.2) is 36.5 Å². The van der Waals surface area contributed by atoms with Gasteiger partial charge in [0.25, 0.3) is 0 Å². The fraction of sp³-hybridized carbons (Fsp3) is 0.429. The van der Waals surface area contributed by atoms with Crippen LogP contribution in [0.5, 0.6) is 18.0 Å². The predicted octanol–water partition coefficient (Wildman–Crippen LogP) is 1.37. The smallest absolute Gasteiger partial charge is 0.333 e. The average Bonchev–Trinajstić information content (AvgIpc) is 2.76. The molecule has 0 bridgehead atoms. The molecule has 0 spiro atoms. The Kier molecular flexibility index (Phi) is 11.6. The summed E-state index contributed by atoms with van der Waals surface area (Å²) in [6.07, 6.45) is 0. The number of rotatable bonds is 15. The van der Waals surface area contributed by atoms with Crippen LogP contribution in [-0.2, 0) is 28.6 Å². The van der Waals surface area contributed by atoms with Crippen molar-refractivity contribution in [1.82, 2.24) is 15.0 Å². The Morgan fingerprint density at radius 3 is 1.00 bits per heavy atom. The molecule has 0 unspecified atom stereocenters. The van der Waals surface area contributed by atoms with Gasteiger partial charge in [0, 0.05) is 16.7 Å². The standard InChI is InChI=1S/C21H27N3O9/c1-13(2)16(25)28-7-10-31-19-22-20(32-11-8-29-17(26)14(3)4)24-21(23-19)33-12-9-30-18(27)15(5)6/h1,3,5,7-12H2,2,4,6H3. The summed E-state index contributed by atoms with van der Waals surface area (Å²) in [5.74, 6) is -1.68. The topological polar surface area (TPSA) is 145 Å².